The summed E-state index contributed by atoms with van der Waals surface area (Å²) in [6.07, 6.45) is 1.76. The largest absolute Gasteiger partial charge is 0.492 e. The van der Waals surface area contributed by atoms with Gasteiger partial charge in [-0.3, -0.25) is 4.98 Å². The van der Waals surface area contributed by atoms with Crippen molar-refractivity contribution in [1.82, 2.24) is 15.2 Å². The Morgan fingerprint density at radius 3 is 2.83 bits per heavy atom. The number of nitrogens with zero attached hydrogens (tertiary/aromatic N) is 4. The highest BCUT2D eigenvalue weighted by Gasteiger charge is 2.11. The van der Waals surface area contributed by atoms with E-state index in [9.17, 15) is 0 Å². The summed E-state index contributed by atoms with van der Waals surface area (Å²) in [5.74, 6) is 0.893. The summed E-state index contributed by atoms with van der Waals surface area (Å²) in [5.41, 5.74) is 2.04. The lowest BCUT2D eigenvalue weighted by atomic mass is 10.2. The topological polar surface area (TPSA) is 51.1 Å². The minimum absolute atomic E-state index is 0.596. The minimum atomic E-state index is 0.596. The van der Waals surface area contributed by atoms with Crippen LogP contribution in [0.5, 0.6) is 5.75 Å². The lowest BCUT2D eigenvalue weighted by Crippen LogP contribution is -2.23. The highest BCUT2D eigenvalue weighted by molar-refractivity contribution is 7.18. The number of anilines is 1. The van der Waals surface area contributed by atoms with Crippen molar-refractivity contribution in [3.63, 3.8) is 0 Å². The Labute approximate surface area is 139 Å². The summed E-state index contributed by atoms with van der Waals surface area (Å²) in [6, 6.07) is 13.8. The molecule has 0 saturated carbocycles. The summed E-state index contributed by atoms with van der Waals surface area (Å²) in [7, 11) is 1.99. The zero-order chi connectivity index (χ0) is 16.1. The van der Waals surface area contributed by atoms with Gasteiger partial charge in [-0.15, -0.1) is 10.2 Å². The number of pyridine rings is 1. The first kappa shape index (κ1) is 15.4. The van der Waals surface area contributed by atoms with Crippen molar-refractivity contribution in [2.75, 3.05) is 25.1 Å². The standard InChI is InChI=1S/C17H18N4OS/c1-13-6-5-7-14(12-13)22-11-10-21(2)17-20-19-16(23-17)15-8-3-4-9-18-15/h3-9,12H,10-11H2,1-2H3. The van der Waals surface area contributed by atoms with E-state index in [1.165, 1.54) is 16.9 Å². The van der Waals surface area contributed by atoms with Gasteiger partial charge in [0.1, 0.15) is 18.1 Å². The molecular formula is C17H18N4OS. The van der Waals surface area contributed by atoms with Gasteiger partial charge in [-0.2, -0.15) is 0 Å². The van der Waals surface area contributed by atoms with Crippen LogP contribution in [0.4, 0.5) is 5.13 Å². The lowest BCUT2D eigenvalue weighted by molar-refractivity contribution is 0.325. The van der Waals surface area contributed by atoms with Gasteiger partial charge in [-0.25, -0.2) is 0 Å². The van der Waals surface area contributed by atoms with E-state index in [0.717, 1.165) is 28.1 Å². The van der Waals surface area contributed by atoms with Gasteiger partial charge < -0.3 is 9.64 Å². The molecule has 0 radical (unpaired) electrons. The third-order valence-electron chi connectivity index (χ3n) is 3.31. The van der Waals surface area contributed by atoms with Gasteiger partial charge >= 0.3 is 0 Å². The molecule has 0 spiro atoms. The van der Waals surface area contributed by atoms with E-state index in [1.807, 2.05) is 48.3 Å². The molecule has 0 saturated heterocycles. The monoisotopic (exact) mass is 326 g/mol. The molecule has 0 aliphatic heterocycles. The second kappa shape index (κ2) is 7.19. The Balaban J connectivity index is 1.56. The molecule has 0 amide bonds. The van der Waals surface area contributed by atoms with Crippen LogP contribution in [0.25, 0.3) is 10.7 Å². The fourth-order valence-electron chi connectivity index (χ4n) is 2.06. The van der Waals surface area contributed by atoms with E-state index in [1.54, 1.807) is 6.20 Å². The van der Waals surface area contributed by atoms with Crippen molar-refractivity contribution in [3.8, 4) is 16.5 Å². The van der Waals surface area contributed by atoms with E-state index < -0.39 is 0 Å². The molecule has 0 unspecified atom stereocenters. The fourth-order valence-corrected chi connectivity index (χ4v) is 2.87. The maximum absolute atomic E-state index is 5.77. The van der Waals surface area contributed by atoms with E-state index in [4.69, 9.17) is 4.74 Å². The predicted octanol–water partition coefficient (Wildman–Crippen LogP) is 3.42. The Morgan fingerprint density at radius 1 is 1.13 bits per heavy atom. The molecule has 2 aromatic heterocycles. The summed E-state index contributed by atoms with van der Waals surface area (Å²) in [5, 5.41) is 10.1. The molecule has 0 bridgehead atoms. The van der Waals surface area contributed by atoms with Crippen molar-refractivity contribution >= 4 is 16.5 Å². The first-order valence-corrected chi connectivity index (χ1v) is 8.19. The highest BCUT2D eigenvalue weighted by atomic mass is 32.1. The van der Waals surface area contributed by atoms with Crippen LogP contribution in [0, 0.1) is 6.92 Å². The number of aromatic nitrogens is 3. The Morgan fingerprint density at radius 2 is 2.04 bits per heavy atom. The van der Waals surface area contributed by atoms with Gasteiger partial charge in [0, 0.05) is 13.2 Å². The minimum Gasteiger partial charge on any atom is -0.492 e. The molecule has 2 heterocycles. The molecule has 118 valence electrons. The lowest BCUT2D eigenvalue weighted by Gasteiger charge is -2.15. The molecule has 0 N–H and O–H groups in total. The average molecular weight is 326 g/mol. The molecule has 5 nitrogen and oxygen atoms in total. The van der Waals surface area contributed by atoms with Crippen LogP contribution >= 0.6 is 11.3 Å². The number of ether oxygens (including phenoxy) is 1. The average Bonchev–Trinajstić information content (AvgIpc) is 3.06. The van der Waals surface area contributed by atoms with Crippen LogP contribution in [-0.4, -0.2) is 35.4 Å². The van der Waals surface area contributed by atoms with Crippen molar-refractivity contribution in [3.05, 3.63) is 54.2 Å². The van der Waals surface area contributed by atoms with Gasteiger partial charge in [0.25, 0.3) is 0 Å². The molecule has 3 rings (SSSR count). The maximum atomic E-state index is 5.77. The van der Waals surface area contributed by atoms with E-state index in [2.05, 4.69) is 28.2 Å². The van der Waals surface area contributed by atoms with Gasteiger partial charge in [0.2, 0.25) is 5.13 Å². The molecule has 0 aliphatic carbocycles. The van der Waals surface area contributed by atoms with Crippen LogP contribution < -0.4 is 9.64 Å². The smallest absolute Gasteiger partial charge is 0.208 e. The predicted molar refractivity (Wildman–Crippen MR) is 93.1 cm³/mol. The number of likely N-dealkylation sites (N-methyl/N-ethyl adjacent to an activating group) is 1. The molecular weight excluding hydrogens is 308 g/mol. The zero-order valence-corrected chi connectivity index (χ0v) is 14.0. The molecule has 23 heavy (non-hydrogen) atoms. The zero-order valence-electron chi connectivity index (χ0n) is 13.1. The first-order chi connectivity index (χ1) is 11.2. The van der Waals surface area contributed by atoms with Crippen LogP contribution in [0.15, 0.2) is 48.7 Å². The number of hydrogen-bond acceptors (Lipinski definition) is 6. The van der Waals surface area contributed by atoms with Crippen molar-refractivity contribution in [2.45, 2.75) is 6.92 Å². The maximum Gasteiger partial charge on any atom is 0.208 e. The Hall–Kier alpha value is -2.47. The third kappa shape index (κ3) is 4.04. The van der Waals surface area contributed by atoms with E-state index >= 15 is 0 Å². The van der Waals surface area contributed by atoms with Crippen LogP contribution in [-0.2, 0) is 0 Å². The summed E-state index contributed by atoms with van der Waals surface area (Å²) < 4.78 is 5.77. The second-order valence-corrected chi connectivity index (χ2v) is 6.15. The van der Waals surface area contributed by atoms with Crippen molar-refractivity contribution in [2.24, 2.45) is 0 Å². The van der Waals surface area contributed by atoms with Gasteiger partial charge in [0.15, 0.2) is 5.01 Å². The molecule has 0 atom stereocenters. The first-order valence-electron chi connectivity index (χ1n) is 7.38. The van der Waals surface area contributed by atoms with Gasteiger partial charge in [0.05, 0.1) is 6.54 Å². The van der Waals surface area contributed by atoms with Crippen LogP contribution in [0.3, 0.4) is 0 Å². The summed E-state index contributed by atoms with van der Waals surface area (Å²) >= 11 is 1.53. The number of aryl methyl sites for hydroxylation is 1. The summed E-state index contributed by atoms with van der Waals surface area (Å²) in [6.45, 7) is 3.39. The third-order valence-corrected chi connectivity index (χ3v) is 4.37. The van der Waals surface area contributed by atoms with Crippen LogP contribution in [0.2, 0.25) is 0 Å². The highest BCUT2D eigenvalue weighted by Crippen LogP contribution is 2.26. The number of hydrogen-bond donors (Lipinski definition) is 0. The van der Waals surface area contributed by atoms with E-state index in [0.29, 0.717) is 6.61 Å². The van der Waals surface area contributed by atoms with Crippen molar-refractivity contribution < 1.29 is 4.74 Å². The number of benzene rings is 1. The quantitative estimate of drug-likeness (QED) is 0.695. The Bertz CT molecular complexity index is 760. The SMILES string of the molecule is Cc1cccc(OCCN(C)c2nnc(-c3ccccn3)s2)c1. The second-order valence-electron chi connectivity index (χ2n) is 5.19. The van der Waals surface area contributed by atoms with Gasteiger partial charge in [-0.1, -0.05) is 29.5 Å². The number of rotatable bonds is 6. The molecule has 6 heteroatoms. The molecule has 0 aliphatic rings. The van der Waals surface area contributed by atoms with E-state index in [-0.39, 0.29) is 0 Å². The van der Waals surface area contributed by atoms with Crippen LogP contribution in [0.1, 0.15) is 5.56 Å². The normalized spacial score (nSPS) is 10.5. The summed E-state index contributed by atoms with van der Waals surface area (Å²) in [4.78, 5) is 6.34. The molecule has 3 aromatic rings. The fraction of sp³-hybridized carbons (Fsp3) is 0.235. The molecule has 0 fully saturated rings. The van der Waals surface area contributed by atoms with Gasteiger partial charge in [-0.05, 0) is 36.8 Å². The molecule has 1 aromatic carbocycles. The Kier molecular flexibility index (Phi) is 4.83. The van der Waals surface area contributed by atoms with Crippen molar-refractivity contribution in [1.29, 1.82) is 0 Å².